The molecule has 3 N–H and O–H groups in total. The van der Waals surface area contributed by atoms with Gasteiger partial charge in [-0.1, -0.05) is 24.3 Å². The van der Waals surface area contributed by atoms with Crippen LogP contribution in [0, 0.1) is 0 Å². The summed E-state index contributed by atoms with van der Waals surface area (Å²) in [6.07, 6.45) is 7.63. The molecule has 3 rings (SSSR count). The Morgan fingerprint density at radius 2 is 2.05 bits per heavy atom. The molecule has 0 aliphatic heterocycles. The summed E-state index contributed by atoms with van der Waals surface area (Å²) in [4.78, 5) is 11.0. The fourth-order valence-electron chi connectivity index (χ4n) is 3.12. The molecule has 1 aromatic carbocycles. The van der Waals surface area contributed by atoms with Gasteiger partial charge in [0.05, 0.1) is 6.42 Å². The third-order valence-corrected chi connectivity index (χ3v) is 4.17. The molecule has 0 spiro atoms. The maximum atomic E-state index is 11.0. The molecule has 1 aromatic heterocycles. The normalized spacial score (nSPS) is 17.5. The highest BCUT2D eigenvalue weighted by Gasteiger charge is 2.19. The number of aromatic nitrogens is 1. The molecule has 1 atom stereocenters. The van der Waals surface area contributed by atoms with E-state index < -0.39 is 5.97 Å². The van der Waals surface area contributed by atoms with Crippen LogP contribution in [0.2, 0.25) is 0 Å². The summed E-state index contributed by atoms with van der Waals surface area (Å²) in [6, 6.07) is 7.87. The molecule has 0 saturated heterocycles. The first kappa shape index (κ1) is 13.9. The van der Waals surface area contributed by atoms with Crippen LogP contribution in [0.25, 0.3) is 0 Å². The number of aliphatic carboxylic acids is 1. The topological polar surface area (TPSA) is 68.2 Å². The number of carbonyl (C=O) groups is 1. The van der Waals surface area contributed by atoms with Gasteiger partial charge in [-0.2, -0.15) is 0 Å². The van der Waals surface area contributed by atoms with E-state index in [2.05, 4.69) is 17.0 Å². The Kier molecular flexibility index (Phi) is 3.80. The van der Waals surface area contributed by atoms with Crippen molar-refractivity contribution >= 4 is 5.97 Å². The predicted molar refractivity (Wildman–Crippen MR) is 81.2 cm³/mol. The number of carboxylic acids is 1. The Morgan fingerprint density at radius 3 is 2.76 bits per heavy atom. The van der Waals surface area contributed by atoms with Crippen molar-refractivity contribution in [3.05, 3.63) is 58.9 Å². The molecule has 0 fully saturated rings. The van der Waals surface area contributed by atoms with E-state index in [-0.39, 0.29) is 12.5 Å². The Balaban J connectivity index is 1.86. The van der Waals surface area contributed by atoms with Gasteiger partial charge in [-0.25, -0.2) is 0 Å². The third-order valence-electron chi connectivity index (χ3n) is 4.17. The molecule has 1 aliphatic rings. The Bertz CT molecular complexity index is 661. The second kappa shape index (κ2) is 5.74. The molecule has 4 heteroatoms. The van der Waals surface area contributed by atoms with Gasteiger partial charge in [0.15, 0.2) is 0 Å². The van der Waals surface area contributed by atoms with Gasteiger partial charge in [-0.05, 0) is 41.5 Å². The summed E-state index contributed by atoms with van der Waals surface area (Å²) in [5.41, 5.74) is 10.7. The molecule has 2 aromatic rings. The largest absolute Gasteiger partial charge is 0.481 e. The van der Waals surface area contributed by atoms with Crippen molar-refractivity contribution < 1.29 is 9.90 Å². The summed E-state index contributed by atoms with van der Waals surface area (Å²) >= 11 is 0. The smallest absolute Gasteiger partial charge is 0.307 e. The van der Waals surface area contributed by atoms with E-state index in [1.807, 2.05) is 24.3 Å². The quantitative estimate of drug-likeness (QED) is 0.906. The Hall–Kier alpha value is -2.07. The van der Waals surface area contributed by atoms with Crippen LogP contribution in [-0.2, 0) is 24.2 Å². The third kappa shape index (κ3) is 3.00. The monoisotopic (exact) mass is 284 g/mol. The molecule has 4 nitrogen and oxygen atoms in total. The fourth-order valence-corrected chi connectivity index (χ4v) is 3.12. The number of nitrogens with two attached hydrogens (primary N) is 1. The summed E-state index contributed by atoms with van der Waals surface area (Å²) < 4.78 is 2.14. The van der Waals surface area contributed by atoms with E-state index >= 15 is 0 Å². The lowest BCUT2D eigenvalue weighted by atomic mass is 9.92. The van der Waals surface area contributed by atoms with Crippen molar-refractivity contribution in [2.45, 2.75) is 38.3 Å². The van der Waals surface area contributed by atoms with Crippen molar-refractivity contribution in [2.24, 2.45) is 5.73 Å². The maximum absolute atomic E-state index is 11.0. The first-order valence-electron chi connectivity index (χ1n) is 7.36. The molecule has 0 bridgehead atoms. The SMILES string of the molecule is NC1CCCc2cn(Cc3ccccc3CC(=O)O)cc21. The lowest BCUT2D eigenvalue weighted by Gasteiger charge is -2.17. The van der Waals surface area contributed by atoms with E-state index in [4.69, 9.17) is 10.8 Å². The van der Waals surface area contributed by atoms with Gasteiger partial charge in [-0.15, -0.1) is 0 Å². The summed E-state index contributed by atoms with van der Waals surface area (Å²) in [5, 5.41) is 9.00. The van der Waals surface area contributed by atoms with Crippen LogP contribution in [0.1, 0.15) is 41.1 Å². The van der Waals surface area contributed by atoms with Crippen LogP contribution in [0.5, 0.6) is 0 Å². The lowest BCUT2D eigenvalue weighted by Crippen LogP contribution is -2.15. The second-order valence-corrected chi connectivity index (χ2v) is 5.75. The minimum absolute atomic E-state index is 0.0661. The van der Waals surface area contributed by atoms with Gasteiger partial charge < -0.3 is 15.4 Å². The molecule has 1 unspecified atom stereocenters. The molecule has 0 radical (unpaired) electrons. The van der Waals surface area contributed by atoms with Gasteiger partial charge >= 0.3 is 5.97 Å². The van der Waals surface area contributed by atoms with Gasteiger partial charge in [0, 0.05) is 25.0 Å². The molecule has 1 heterocycles. The maximum Gasteiger partial charge on any atom is 0.307 e. The van der Waals surface area contributed by atoms with Gasteiger partial charge in [0.2, 0.25) is 0 Å². The number of benzene rings is 1. The minimum Gasteiger partial charge on any atom is -0.481 e. The number of carboxylic acid groups (broad SMARTS) is 1. The summed E-state index contributed by atoms with van der Waals surface area (Å²) in [5.74, 6) is -0.795. The van der Waals surface area contributed by atoms with E-state index in [1.54, 1.807) is 0 Å². The van der Waals surface area contributed by atoms with E-state index in [0.717, 1.165) is 30.4 Å². The number of hydrogen-bond acceptors (Lipinski definition) is 2. The van der Waals surface area contributed by atoms with Crippen LogP contribution in [-0.4, -0.2) is 15.6 Å². The highest BCUT2D eigenvalue weighted by atomic mass is 16.4. The van der Waals surface area contributed by atoms with E-state index in [1.165, 1.54) is 11.1 Å². The van der Waals surface area contributed by atoms with Crippen molar-refractivity contribution in [3.8, 4) is 0 Å². The zero-order valence-electron chi connectivity index (χ0n) is 12.0. The fraction of sp³-hybridized carbons (Fsp3) is 0.353. The van der Waals surface area contributed by atoms with Gasteiger partial charge in [0.25, 0.3) is 0 Å². The van der Waals surface area contributed by atoms with Crippen LogP contribution in [0.3, 0.4) is 0 Å². The van der Waals surface area contributed by atoms with Gasteiger partial charge in [0.1, 0.15) is 0 Å². The molecule has 0 saturated carbocycles. The van der Waals surface area contributed by atoms with E-state index in [0.29, 0.717) is 6.54 Å². The number of fused-ring (bicyclic) bond motifs is 1. The predicted octanol–water partition coefficient (Wildman–Crippen LogP) is 2.50. The summed E-state index contributed by atoms with van der Waals surface area (Å²) in [6.45, 7) is 0.698. The van der Waals surface area contributed by atoms with Crippen LogP contribution in [0.15, 0.2) is 36.7 Å². The van der Waals surface area contributed by atoms with E-state index in [9.17, 15) is 4.79 Å². The average molecular weight is 284 g/mol. The van der Waals surface area contributed by atoms with Crippen molar-refractivity contribution in [1.29, 1.82) is 0 Å². The lowest BCUT2D eigenvalue weighted by molar-refractivity contribution is -0.136. The second-order valence-electron chi connectivity index (χ2n) is 5.75. The molecule has 0 amide bonds. The summed E-state index contributed by atoms with van der Waals surface area (Å²) in [7, 11) is 0. The number of nitrogens with zero attached hydrogens (tertiary/aromatic N) is 1. The van der Waals surface area contributed by atoms with Crippen LogP contribution in [0.4, 0.5) is 0 Å². The molecule has 21 heavy (non-hydrogen) atoms. The van der Waals surface area contributed by atoms with Crippen LogP contribution < -0.4 is 5.73 Å². The highest BCUT2D eigenvalue weighted by molar-refractivity contribution is 5.70. The van der Waals surface area contributed by atoms with Crippen molar-refractivity contribution in [3.63, 3.8) is 0 Å². The highest BCUT2D eigenvalue weighted by Crippen LogP contribution is 2.29. The zero-order valence-corrected chi connectivity index (χ0v) is 12.0. The van der Waals surface area contributed by atoms with Crippen LogP contribution >= 0.6 is 0 Å². The minimum atomic E-state index is -0.795. The number of rotatable bonds is 4. The molecule has 110 valence electrons. The molecule has 1 aliphatic carbocycles. The standard InChI is InChI=1S/C17H20N2O2/c18-16-7-3-6-14-10-19(11-15(14)16)9-13-5-2-1-4-12(13)8-17(20)21/h1-2,4-5,10-11,16H,3,6-9,18H2,(H,20,21). The molecular formula is C17H20N2O2. The van der Waals surface area contributed by atoms with Crippen molar-refractivity contribution in [1.82, 2.24) is 4.57 Å². The Labute approximate surface area is 124 Å². The molecular weight excluding hydrogens is 264 g/mol. The zero-order chi connectivity index (χ0) is 14.8. The first-order chi connectivity index (χ1) is 10.1. The average Bonchev–Trinajstić information content (AvgIpc) is 2.84. The van der Waals surface area contributed by atoms with Gasteiger partial charge in [-0.3, -0.25) is 4.79 Å². The number of hydrogen-bond donors (Lipinski definition) is 2. The van der Waals surface area contributed by atoms with Crippen molar-refractivity contribution in [2.75, 3.05) is 0 Å². The first-order valence-corrected chi connectivity index (χ1v) is 7.36. The number of aryl methyl sites for hydroxylation is 1. The Morgan fingerprint density at radius 1 is 1.29 bits per heavy atom.